The van der Waals surface area contributed by atoms with Crippen LogP contribution >= 0.6 is 12.2 Å². The minimum absolute atomic E-state index is 0.162. The Hall–Kier alpha value is -2.77. The molecule has 152 valence electrons. The van der Waals surface area contributed by atoms with Crippen molar-refractivity contribution in [1.82, 2.24) is 14.9 Å². The lowest BCUT2D eigenvalue weighted by Gasteiger charge is -2.13. The van der Waals surface area contributed by atoms with Crippen molar-refractivity contribution in [1.29, 1.82) is 0 Å². The predicted molar refractivity (Wildman–Crippen MR) is 117 cm³/mol. The molecule has 1 heterocycles. The summed E-state index contributed by atoms with van der Waals surface area (Å²) in [7, 11) is 1.62. The first-order chi connectivity index (χ1) is 14.0. The fourth-order valence-corrected chi connectivity index (χ4v) is 3.50. The number of methoxy groups -OCH3 is 1. The molecule has 29 heavy (non-hydrogen) atoms. The van der Waals surface area contributed by atoms with E-state index >= 15 is 0 Å². The van der Waals surface area contributed by atoms with Crippen LogP contribution in [-0.4, -0.2) is 35.7 Å². The van der Waals surface area contributed by atoms with Gasteiger partial charge in [-0.15, -0.1) is 0 Å². The van der Waals surface area contributed by atoms with Crippen molar-refractivity contribution in [2.75, 3.05) is 20.3 Å². The molecule has 0 aliphatic carbocycles. The Morgan fingerprint density at radius 1 is 1.24 bits per heavy atom. The van der Waals surface area contributed by atoms with Crippen LogP contribution in [0.15, 0.2) is 53.3 Å². The quantitative estimate of drug-likeness (QED) is 0.438. The highest BCUT2D eigenvalue weighted by molar-refractivity contribution is 7.71. The van der Waals surface area contributed by atoms with Crippen molar-refractivity contribution in [3.05, 3.63) is 74.8 Å². The van der Waals surface area contributed by atoms with Crippen LogP contribution in [0.2, 0.25) is 0 Å². The van der Waals surface area contributed by atoms with Crippen molar-refractivity contribution >= 4 is 29.0 Å². The number of aromatic amines is 1. The summed E-state index contributed by atoms with van der Waals surface area (Å²) in [6, 6.07) is 15.1. The van der Waals surface area contributed by atoms with E-state index in [2.05, 4.69) is 17.2 Å². The van der Waals surface area contributed by atoms with E-state index in [9.17, 15) is 9.59 Å². The first-order valence-electron chi connectivity index (χ1n) is 9.60. The zero-order chi connectivity index (χ0) is 20.8. The molecule has 1 atom stereocenters. The van der Waals surface area contributed by atoms with Crippen LogP contribution in [0.4, 0.5) is 0 Å². The Morgan fingerprint density at radius 3 is 2.72 bits per heavy atom. The molecule has 6 nitrogen and oxygen atoms in total. The summed E-state index contributed by atoms with van der Waals surface area (Å²) in [6.45, 7) is 3.63. The molecule has 0 radical (unpaired) electrons. The van der Waals surface area contributed by atoms with Gasteiger partial charge >= 0.3 is 0 Å². The Kier molecular flexibility index (Phi) is 6.95. The number of carbonyl (C=O) groups is 1. The molecule has 1 aromatic heterocycles. The lowest BCUT2D eigenvalue weighted by molar-refractivity contribution is 0.0951. The van der Waals surface area contributed by atoms with E-state index in [1.165, 1.54) is 10.1 Å². The first-order valence-corrected chi connectivity index (χ1v) is 10.0. The van der Waals surface area contributed by atoms with Gasteiger partial charge in [0.05, 0.1) is 10.9 Å². The standard InChI is InChI=1S/C22H25N3O3S/c1-15(16-7-4-3-5-8-16)14-23-20(26)17-9-10-18-19(13-17)24-22(29)25(21(18)27)11-6-12-28-2/h3-5,7-10,13,15H,6,11-12,14H2,1-2H3,(H,23,26)(H,24,29). The van der Waals surface area contributed by atoms with Gasteiger partial charge in [0.15, 0.2) is 4.77 Å². The van der Waals surface area contributed by atoms with Gasteiger partial charge in [-0.25, -0.2) is 0 Å². The van der Waals surface area contributed by atoms with Crippen molar-refractivity contribution < 1.29 is 9.53 Å². The van der Waals surface area contributed by atoms with Crippen molar-refractivity contribution in [3.8, 4) is 0 Å². The number of rotatable bonds is 8. The number of hydrogen-bond acceptors (Lipinski definition) is 4. The van der Waals surface area contributed by atoms with Gasteiger partial charge in [-0.1, -0.05) is 37.3 Å². The molecule has 0 bridgehead atoms. The number of aromatic nitrogens is 2. The van der Waals surface area contributed by atoms with Gasteiger partial charge in [0.2, 0.25) is 0 Å². The highest BCUT2D eigenvalue weighted by Crippen LogP contribution is 2.14. The van der Waals surface area contributed by atoms with Crippen LogP contribution in [0.3, 0.4) is 0 Å². The number of carbonyl (C=O) groups excluding carboxylic acids is 1. The predicted octanol–water partition coefficient (Wildman–Crippen LogP) is 3.63. The molecule has 3 aromatic rings. The maximum absolute atomic E-state index is 12.7. The highest BCUT2D eigenvalue weighted by Gasteiger charge is 2.12. The zero-order valence-corrected chi connectivity index (χ0v) is 17.4. The number of fused-ring (bicyclic) bond motifs is 1. The first kappa shape index (κ1) is 21.0. The number of nitrogens with zero attached hydrogens (tertiary/aromatic N) is 1. The van der Waals surface area contributed by atoms with E-state index in [1.807, 2.05) is 30.3 Å². The third-order valence-corrected chi connectivity index (χ3v) is 5.23. The maximum atomic E-state index is 12.7. The number of nitrogens with one attached hydrogen (secondary N) is 2. The second-order valence-corrected chi connectivity index (χ2v) is 7.40. The molecular formula is C22H25N3O3S. The van der Waals surface area contributed by atoms with Crippen molar-refractivity contribution in [3.63, 3.8) is 0 Å². The molecule has 1 amide bonds. The summed E-state index contributed by atoms with van der Waals surface area (Å²) >= 11 is 5.33. The van der Waals surface area contributed by atoms with Crippen LogP contribution in [0.1, 0.15) is 35.2 Å². The van der Waals surface area contributed by atoms with Gasteiger partial charge in [0, 0.05) is 32.4 Å². The van der Waals surface area contributed by atoms with E-state index in [1.54, 1.807) is 25.3 Å². The molecule has 0 saturated carbocycles. The van der Waals surface area contributed by atoms with Gasteiger partial charge in [0.1, 0.15) is 0 Å². The second-order valence-electron chi connectivity index (χ2n) is 7.02. The summed E-state index contributed by atoms with van der Waals surface area (Å²) in [5.74, 6) is 0.0176. The van der Waals surface area contributed by atoms with Crippen LogP contribution in [-0.2, 0) is 11.3 Å². The van der Waals surface area contributed by atoms with Crippen LogP contribution < -0.4 is 10.9 Å². The van der Waals surface area contributed by atoms with Gasteiger partial charge < -0.3 is 15.0 Å². The van der Waals surface area contributed by atoms with Gasteiger partial charge in [-0.2, -0.15) is 0 Å². The van der Waals surface area contributed by atoms with Gasteiger partial charge in [0.25, 0.3) is 11.5 Å². The molecule has 1 unspecified atom stereocenters. The maximum Gasteiger partial charge on any atom is 0.262 e. The van der Waals surface area contributed by atoms with E-state index in [0.29, 0.717) is 47.4 Å². The minimum Gasteiger partial charge on any atom is -0.385 e. The molecule has 0 aliphatic heterocycles. The van der Waals surface area contributed by atoms with Crippen LogP contribution in [0.25, 0.3) is 10.9 Å². The summed E-state index contributed by atoms with van der Waals surface area (Å²) in [5.41, 5.74) is 2.06. The zero-order valence-electron chi connectivity index (χ0n) is 16.6. The molecular weight excluding hydrogens is 386 g/mol. The smallest absolute Gasteiger partial charge is 0.262 e. The Balaban J connectivity index is 1.77. The largest absolute Gasteiger partial charge is 0.385 e. The Labute approximate surface area is 174 Å². The number of H-pyrrole nitrogens is 1. The Morgan fingerprint density at radius 2 is 2.00 bits per heavy atom. The highest BCUT2D eigenvalue weighted by atomic mass is 32.1. The number of hydrogen-bond donors (Lipinski definition) is 2. The normalized spacial score (nSPS) is 12.1. The average molecular weight is 412 g/mol. The molecule has 7 heteroatoms. The molecule has 0 spiro atoms. The molecule has 3 rings (SSSR count). The summed E-state index contributed by atoms with van der Waals surface area (Å²) in [5, 5.41) is 3.47. The van der Waals surface area contributed by atoms with Crippen LogP contribution in [0, 0.1) is 4.77 Å². The summed E-state index contributed by atoms with van der Waals surface area (Å²) < 4.78 is 6.90. The second kappa shape index (κ2) is 9.62. The van der Waals surface area contributed by atoms with Gasteiger partial charge in [-0.05, 0) is 48.3 Å². The van der Waals surface area contributed by atoms with E-state index in [4.69, 9.17) is 17.0 Å². The lowest BCUT2D eigenvalue weighted by Crippen LogP contribution is -2.28. The van der Waals surface area contributed by atoms with E-state index < -0.39 is 0 Å². The topological polar surface area (TPSA) is 76.1 Å². The number of amides is 1. The van der Waals surface area contributed by atoms with E-state index in [-0.39, 0.29) is 17.4 Å². The third-order valence-electron chi connectivity index (χ3n) is 4.91. The summed E-state index contributed by atoms with van der Waals surface area (Å²) in [6.07, 6.45) is 0.694. The average Bonchev–Trinajstić information content (AvgIpc) is 2.74. The number of benzene rings is 2. The fraction of sp³-hybridized carbons (Fsp3) is 0.318. The fourth-order valence-electron chi connectivity index (χ4n) is 3.21. The van der Waals surface area contributed by atoms with Gasteiger partial charge in [-0.3, -0.25) is 14.2 Å². The van der Waals surface area contributed by atoms with E-state index in [0.717, 1.165) is 0 Å². The number of ether oxygens (including phenoxy) is 1. The Bertz CT molecular complexity index is 1110. The third kappa shape index (κ3) is 4.99. The van der Waals surface area contributed by atoms with Crippen LogP contribution in [0.5, 0.6) is 0 Å². The monoisotopic (exact) mass is 411 g/mol. The summed E-state index contributed by atoms with van der Waals surface area (Å²) in [4.78, 5) is 28.4. The lowest BCUT2D eigenvalue weighted by atomic mass is 10.0. The molecule has 0 saturated heterocycles. The van der Waals surface area contributed by atoms with Crippen molar-refractivity contribution in [2.24, 2.45) is 0 Å². The molecule has 2 aromatic carbocycles. The molecule has 0 fully saturated rings. The molecule has 0 aliphatic rings. The minimum atomic E-state index is -0.182. The van der Waals surface area contributed by atoms with Crippen molar-refractivity contribution in [2.45, 2.75) is 25.8 Å². The molecule has 2 N–H and O–H groups in total. The SMILES string of the molecule is COCCCn1c(=S)[nH]c2cc(C(=O)NCC(C)c3ccccc3)ccc2c1=O.